The predicted molar refractivity (Wildman–Crippen MR) is 126 cm³/mol. The fourth-order valence-corrected chi connectivity index (χ4v) is 4.55. The molecule has 4 aromatic rings. The second-order valence-electron chi connectivity index (χ2n) is 8.44. The Morgan fingerprint density at radius 3 is 2.75 bits per heavy atom. The molecule has 5 rings (SSSR count). The molecule has 1 N–H and O–H groups in total. The molecule has 32 heavy (non-hydrogen) atoms. The summed E-state index contributed by atoms with van der Waals surface area (Å²) in [6, 6.07) is 9.50. The van der Waals surface area contributed by atoms with Gasteiger partial charge in [0.2, 0.25) is 0 Å². The lowest BCUT2D eigenvalue weighted by atomic mass is 9.92. The van der Waals surface area contributed by atoms with E-state index in [-0.39, 0.29) is 6.04 Å². The van der Waals surface area contributed by atoms with Crippen LogP contribution < -0.4 is 0 Å². The lowest BCUT2D eigenvalue weighted by molar-refractivity contribution is 0.0696. The van der Waals surface area contributed by atoms with E-state index in [1.807, 2.05) is 62.0 Å². The Labute approximate surface area is 190 Å². The van der Waals surface area contributed by atoms with E-state index in [0.717, 1.165) is 22.2 Å². The minimum absolute atomic E-state index is 0.172. The average molecular weight is 448 g/mol. The van der Waals surface area contributed by atoms with Crippen molar-refractivity contribution in [2.45, 2.75) is 26.4 Å². The molecule has 8 heteroatoms. The van der Waals surface area contributed by atoms with Crippen LogP contribution in [0.5, 0.6) is 0 Å². The van der Waals surface area contributed by atoms with Crippen molar-refractivity contribution in [1.29, 1.82) is 0 Å². The standard InChI is InChI=1S/C24H22ClN5O2/c1-13(2)30-23-15(10-26-30)8-14(22(25)28-23)9-16-11-29(3)12-18-20(24(31)32)17-6-4-5-7-19(17)27-21(16)18/h4-10,13H,11-12H2,1-3H3,(H,31,32)/b16-9-. The van der Waals surface area contributed by atoms with Crippen molar-refractivity contribution in [1.82, 2.24) is 24.6 Å². The smallest absolute Gasteiger partial charge is 0.336 e. The van der Waals surface area contributed by atoms with Crippen LogP contribution >= 0.6 is 11.6 Å². The predicted octanol–water partition coefficient (Wildman–Crippen LogP) is 4.90. The van der Waals surface area contributed by atoms with E-state index in [4.69, 9.17) is 16.6 Å². The van der Waals surface area contributed by atoms with Crippen LogP contribution in [0.25, 0.3) is 33.6 Å². The monoisotopic (exact) mass is 447 g/mol. The maximum absolute atomic E-state index is 12.2. The van der Waals surface area contributed by atoms with Crippen LogP contribution in [0.2, 0.25) is 5.15 Å². The number of rotatable bonds is 3. The number of aromatic carboxylic acids is 1. The van der Waals surface area contributed by atoms with Crippen LogP contribution in [0.4, 0.5) is 0 Å². The molecule has 3 aromatic heterocycles. The summed E-state index contributed by atoms with van der Waals surface area (Å²) in [6.07, 6.45) is 3.75. The Bertz CT molecular complexity index is 1420. The van der Waals surface area contributed by atoms with E-state index in [1.165, 1.54) is 0 Å². The van der Waals surface area contributed by atoms with Crippen LogP contribution in [-0.4, -0.2) is 49.3 Å². The molecule has 0 aliphatic carbocycles. The summed E-state index contributed by atoms with van der Waals surface area (Å²) >= 11 is 6.57. The molecular weight excluding hydrogens is 426 g/mol. The number of carboxylic acids is 1. The molecule has 0 saturated carbocycles. The van der Waals surface area contributed by atoms with Gasteiger partial charge in [0.25, 0.3) is 0 Å². The maximum Gasteiger partial charge on any atom is 0.336 e. The van der Waals surface area contributed by atoms with E-state index in [0.29, 0.717) is 46.0 Å². The van der Waals surface area contributed by atoms with Crippen molar-refractivity contribution in [3.63, 3.8) is 0 Å². The zero-order valence-electron chi connectivity index (χ0n) is 18.0. The lowest BCUT2D eigenvalue weighted by Gasteiger charge is -2.28. The minimum Gasteiger partial charge on any atom is -0.478 e. The summed E-state index contributed by atoms with van der Waals surface area (Å²) in [5, 5.41) is 16.4. The largest absolute Gasteiger partial charge is 0.478 e. The number of likely N-dealkylation sites (N-methyl/N-ethyl adjacent to an activating group) is 1. The van der Waals surface area contributed by atoms with Crippen LogP contribution in [0, 0.1) is 0 Å². The Hall–Kier alpha value is -3.29. The first-order valence-corrected chi connectivity index (χ1v) is 10.8. The topological polar surface area (TPSA) is 84.1 Å². The fourth-order valence-electron chi connectivity index (χ4n) is 4.36. The van der Waals surface area contributed by atoms with Crippen molar-refractivity contribution in [3.8, 4) is 0 Å². The number of aromatic nitrogens is 4. The van der Waals surface area contributed by atoms with Gasteiger partial charge in [-0.15, -0.1) is 0 Å². The van der Waals surface area contributed by atoms with Crippen molar-refractivity contribution >= 4 is 51.2 Å². The van der Waals surface area contributed by atoms with Crippen LogP contribution in [0.1, 0.15) is 47.1 Å². The molecule has 162 valence electrons. The molecule has 7 nitrogen and oxygen atoms in total. The Morgan fingerprint density at radius 2 is 2.00 bits per heavy atom. The van der Waals surface area contributed by atoms with E-state index < -0.39 is 5.97 Å². The van der Waals surface area contributed by atoms with Crippen molar-refractivity contribution in [2.24, 2.45) is 0 Å². The quantitative estimate of drug-likeness (QED) is 0.450. The number of hydrogen-bond acceptors (Lipinski definition) is 5. The molecule has 1 aliphatic heterocycles. The molecule has 0 amide bonds. The van der Waals surface area contributed by atoms with E-state index in [9.17, 15) is 9.90 Å². The minimum atomic E-state index is -0.947. The zero-order valence-corrected chi connectivity index (χ0v) is 18.8. The third-order valence-electron chi connectivity index (χ3n) is 5.75. The fraction of sp³-hybridized carbons (Fsp3) is 0.250. The van der Waals surface area contributed by atoms with Crippen LogP contribution in [0.3, 0.4) is 0 Å². The number of carbonyl (C=O) groups is 1. The van der Waals surface area contributed by atoms with Crippen LogP contribution in [0.15, 0.2) is 36.5 Å². The third kappa shape index (κ3) is 3.34. The van der Waals surface area contributed by atoms with Crippen molar-refractivity contribution < 1.29 is 9.90 Å². The summed E-state index contributed by atoms with van der Waals surface area (Å²) in [5.41, 5.74) is 4.79. The van der Waals surface area contributed by atoms with Gasteiger partial charge in [0.05, 0.1) is 23.0 Å². The number of fused-ring (bicyclic) bond motifs is 3. The van der Waals surface area contributed by atoms with Gasteiger partial charge < -0.3 is 5.11 Å². The van der Waals surface area contributed by atoms with E-state index >= 15 is 0 Å². The van der Waals surface area contributed by atoms with Gasteiger partial charge in [-0.2, -0.15) is 5.10 Å². The third-order valence-corrected chi connectivity index (χ3v) is 6.05. The SMILES string of the molecule is CC(C)n1ncc2cc(/C=C3/CN(C)Cc4c3nc3ccccc3c4C(=O)O)c(Cl)nc21. The van der Waals surface area contributed by atoms with Crippen molar-refractivity contribution in [3.05, 3.63) is 64.1 Å². The van der Waals surface area contributed by atoms with Gasteiger partial charge in [-0.25, -0.2) is 19.4 Å². The molecule has 0 spiro atoms. The number of carboxylic acid groups (broad SMARTS) is 1. The van der Waals surface area contributed by atoms with Crippen molar-refractivity contribution in [2.75, 3.05) is 13.6 Å². The van der Waals surface area contributed by atoms with Gasteiger partial charge in [0, 0.05) is 41.0 Å². The summed E-state index contributed by atoms with van der Waals surface area (Å²) < 4.78 is 1.84. The number of hydrogen-bond donors (Lipinski definition) is 1. The van der Waals surface area contributed by atoms with Gasteiger partial charge >= 0.3 is 5.97 Å². The van der Waals surface area contributed by atoms with Crippen LogP contribution in [-0.2, 0) is 6.54 Å². The summed E-state index contributed by atoms with van der Waals surface area (Å²) in [7, 11) is 1.97. The molecule has 0 atom stereocenters. The molecule has 1 aliphatic rings. The highest BCUT2D eigenvalue weighted by atomic mass is 35.5. The number of benzene rings is 1. The lowest BCUT2D eigenvalue weighted by Crippen LogP contribution is -2.28. The van der Waals surface area contributed by atoms with Gasteiger partial charge in [-0.05, 0) is 44.7 Å². The molecular formula is C24H22ClN5O2. The first-order chi connectivity index (χ1) is 15.3. The summed E-state index contributed by atoms with van der Waals surface area (Å²) in [4.78, 5) is 23.7. The number of nitrogens with zero attached hydrogens (tertiary/aromatic N) is 5. The van der Waals surface area contributed by atoms with Gasteiger partial charge in [0.1, 0.15) is 5.15 Å². The maximum atomic E-state index is 12.2. The average Bonchev–Trinajstić information content (AvgIpc) is 3.15. The van der Waals surface area contributed by atoms with Gasteiger partial charge in [0.15, 0.2) is 5.65 Å². The Kier molecular flexibility index (Phi) is 4.95. The normalized spacial score (nSPS) is 15.7. The molecule has 1 aromatic carbocycles. The van der Waals surface area contributed by atoms with E-state index in [2.05, 4.69) is 15.0 Å². The number of para-hydroxylation sites is 1. The highest BCUT2D eigenvalue weighted by molar-refractivity contribution is 6.31. The van der Waals surface area contributed by atoms with Gasteiger partial charge in [-0.3, -0.25) is 4.90 Å². The van der Waals surface area contributed by atoms with Gasteiger partial charge in [-0.1, -0.05) is 29.8 Å². The number of halogens is 1. The molecule has 0 radical (unpaired) electrons. The molecule has 0 bridgehead atoms. The zero-order chi connectivity index (χ0) is 22.6. The second-order valence-corrected chi connectivity index (χ2v) is 8.80. The number of pyridine rings is 2. The molecule has 0 unspecified atom stereocenters. The summed E-state index contributed by atoms with van der Waals surface area (Å²) in [6.45, 7) is 5.22. The van der Waals surface area contributed by atoms with E-state index in [1.54, 1.807) is 6.20 Å². The second kappa shape index (κ2) is 7.69. The molecule has 0 fully saturated rings. The Morgan fingerprint density at radius 1 is 1.22 bits per heavy atom. The summed E-state index contributed by atoms with van der Waals surface area (Å²) in [5.74, 6) is -0.947. The molecule has 0 saturated heterocycles. The first-order valence-electron chi connectivity index (χ1n) is 10.4. The highest BCUT2D eigenvalue weighted by Gasteiger charge is 2.27. The molecule has 4 heterocycles. The Balaban J connectivity index is 1.73. The highest BCUT2D eigenvalue weighted by Crippen LogP contribution is 2.34. The first kappa shape index (κ1) is 20.6.